The molecule has 1 fully saturated rings. The number of rotatable bonds is 3. The molecule has 1 aliphatic rings. The van der Waals surface area contributed by atoms with Crippen molar-refractivity contribution in [1.82, 2.24) is 14.7 Å². The minimum absolute atomic E-state index is 0.451. The number of likely N-dealkylation sites (N-methyl/N-ethyl adjacent to an activating group) is 1. The molecule has 86 valence electrons. The molecule has 2 heterocycles. The highest BCUT2D eigenvalue weighted by atomic mass is 15.3. The molecular weight excluding hydrogens is 200 g/mol. The van der Waals surface area contributed by atoms with Gasteiger partial charge in [0.1, 0.15) is 0 Å². The van der Waals surface area contributed by atoms with Crippen molar-refractivity contribution in [2.75, 3.05) is 19.6 Å². The predicted octanol–water partition coefficient (Wildman–Crippen LogP) is 1.61. The zero-order chi connectivity index (χ0) is 11.4. The van der Waals surface area contributed by atoms with Gasteiger partial charge in [0.2, 0.25) is 0 Å². The van der Waals surface area contributed by atoms with Crippen molar-refractivity contribution in [3.63, 3.8) is 0 Å². The van der Waals surface area contributed by atoms with Crippen molar-refractivity contribution in [3.05, 3.63) is 18.0 Å². The lowest BCUT2D eigenvalue weighted by Gasteiger charge is -2.32. The van der Waals surface area contributed by atoms with Gasteiger partial charge in [0.25, 0.3) is 0 Å². The third kappa shape index (κ3) is 2.25. The zero-order valence-electron chi connectivity index (χ0n) is 9.76. The standard InChI is InChI=1S/C12H18N4/c1-2-15-9-3-4-12(10-15)16-11(5-7-13)6-8-14-16/h6,8,12H,2-5,9-10H2,1H3. The molecule has 0 aliphatic carbocycles. The van der Waals surface area contributed by atoms with Crippen molar-refractivity contribution in [2.45, 2.75) is 32.2 Å². The van der Waals surface area contributed by atoms with Crippen molar-refractivity contribution >= 4 is 0 Å². The molecule has 1 aromatic rings. The van der Waals surface area contributed by atoms with E-state index < -0.39 is 0 Å². The van der Waals surface area contributed by atoms with Crippen molar-refractivity contribution in [3.8, 4) is 6.07 Å². The Balaban J connectivity index is 2.11. The van der Waals surface area contributed by atoms with Crippen LogP contribution in [0.2, 0.25) is 0 Å². The van der Waals surface area contributed by atoms with Gasteiger partial charge in [0.05, 0.1) is 24.2 Å². The van der Waals surface area contributed by atoms with Crippen molar-refractivity contribution in [2.24, 2.45) is 0 Å². The summed E-state index contributed by atoms with van der Waals surface area (Å²) in [5, 5.41) is 13.1. The smallest absolute Gasteiger partial charge is 0.0771 e. The van der Waals surface area contributed by atoms with Gasteiger partial charge >= 0.3 is 0 Å². The summed E-state index contributed by atoms with van der Waals surface area (Å²) in [6.07, 6.45) is 4.67. The molecule has 0 aromatic carbocycles. The molecule has 0 N–H and O–H groups in total. The van der Waals surface area contributed by atoms with Gasteiger partial charge in [-0.2, -0.15) is 10.4 Å². The fourth-order valence-corrected chi connectivity index (χ4v) is 2.41. The van der Waals surface area contributed by atoms with Gasteiger partial charge in [-0.25, -0.2) is 0 Å². The Morgan fingerprint density at radius 3 is 3.25 bits per heavy atom. The molecular formula is C12H18N4. The second-order valence-corrected chi connectivity index (χ2v) is 4.29. The summed E-state index contributed by atoms with van der Waals surface area (Å²) < 4.78 is 2.05. The summed E-state index contributed by atoms with van der Waals surface area (Å²) in [5.41, 5.74) is 1.05. The second kappa shape index (κ2) is 5.13. The molecule has 16 heavy (non-hydrogen) atoms. The maximum atomic E-state index is 8.76. The largest absolute Gasteiger partial charge is 0.301 e. The second-order valence-electron chi connectivity index (χ2n) is 4.29. The Kier molecular flexibility index (Phi) is 3.58. The van der Waals surface area contributed by atoms with Crippen LogP contribution in [0.3, 0.4) is 0 Å². The fraction of sp³-hybridized carbons (Fsp3) is 0.667. The quantitative estimate of drug-likeness (QED) is 0.774. The lowest BCUT2D eigenvalue weighted by atomic mass is 10.1. The van der Waals surface area contributed by atoms with E-state index in [0.717, 1.165) is 18.8 Å². The SMILES string of the molecule is CCN1CCCC(n2nccc2CC#N)C1. The van der Waals surface area contributed by atoms with E-state index in [1.807, 2.05) is 10.7 Å². The van der Waals surface area contributed by atoms with Crippen LogP contribution >= 0.6 is 0 Å². The summed E-state index contributed by atoms with van der Waals surface area (Å²) in [7, 11) is 0. The molecule has 1 unspecified atom stereocenters. The van der Waals surface area contributed by atoms with Crippen molar-refractivity contribution in [1.29, 1.82) is 5.26 Å². The van der Waals surface area contributed by atoms with Crippen LogP contribution in [-0.4, -0.2) is 34.3 Å². The summed E-state index contributed by atoms with van der Waals surface area (Å²) in [6, 6.07) is 4.60. The summed E-state index contributed by atoms with van der Waals surface area (Å²) in [4.78, 5) is 2.45. The summed E-state index contributed by atoms with van der Waals surface area (Å²) in [5.74, 6) is 0. The Bertz CT molecular complexity index is 377. The van der Waals surface area contributed by atoms with Crippen molar-refractivity contribution < 1.29 is 0 Å². The molecule has 0 spiro atoms. The van der Waals surface area contributed by atoms with Gasteiger partial charge < -0.3 is 4.90 Å². The monoisotopic (exact) mass is 218 g/mol. The Morgan fingerprint density at radius 1 is 1.62 bits per heavy atom. The third-order valence-electron chi connectivity index (χ3n) is 3.29. The van der Waals surface area contributed by atoms with E-state index in [4.69, 9.17) is 5.26 Å². The van der Waals surface area contributed by atoms with Crippen LogP contribution < -0.4 is 0 Å². The molecule has 0 radical (unpaired) electrons. The predicted molar refractivity (Wildman–Crippen MR) is 61.9 cm³/mol. The number of hydrogen-bond acceptors (Lipinski definition) is 3. The highest BCUT2D eigenvalue weighted by Gasteiger charge is 2.21. The minimum atomic E-state index is 0.451. The van der Waals surface area contributed by atoms with Crippen LogP contribution in [0.4, 0.5) is 0 Å². The van der Waals surface area contributed by atoms with E-state index in [1.54, 1.807) is 6.20 Å². The number of nitrogens with zero attached hydrogens (tertiary/aromatic N) is 4. The van der Waals surface area contributed by atoms with Crippen LogP contribution in [0.25, 0.3) is 0 Å². The van der Waals surface area contributed by atoms with E-state index in [2.05, 4.69) is 23.0 Å². The molecule has 1 saturated heterocycles. The van der Waals surface area contributed by atoms with Crippen LogP contribution in [0.5, 0.6) is 0 Å². The van der Waals surface area contributed by atoms with Gasteiger partial charge in [-0.05, 0) is 32.0 Å². The highest BCUT2D eigenvalue weighted by molar-refractivity contribution is 5.07. The Hall–Kier alpha value is -1.34. The average molecular weight is 218 g/mol. The lowest BCUT2D eigenvalue weighted by Crippen LogP contribution is -2.37. The molecule has 4 heteroatoms. The summed E-state index contributed by atoms with van der Waals surface area (Å²) in [6.45, 7) is 5.56. The van der Waals surface area contributed by atoms with E-state index >= 15 is 0 Å². The van der Waals surface area contributed by atoms with Gasteiger partial charge in [-0.1, -0.05) is 6.92 Å². The normalized spacial score (nSPS) is 21.9. The first-order chi connectivity index (χ1) is 7.85. The van der Waals surface area contributed by atoms with E-state index in [1.165, 1.54) is 19.4 Å². The summed E-state index contributed by atoms with van der Waals surface area (Å²) >= 11 is 0. The van der Waals surface area contributed by atoms with E-state index in [-0.39, 0.29) is 0 Å². The molecule has 0 amide bonds. The molecule has 4 nitrogen and oxygen atoms in total. The van der Waals surface area contributed by atoms with Gasteiger partial charge in [0.15, 0.2) is 0 Å². The average Bonchev–Trinajstić information content (AvgIpc) is 2.78. The maximum Gasteiger partial charge on any atom is 0.0771 e. The van der Waals surface area contributed by atoms with Gasteiger partial charge in [-0.15, -0.1) is 0 Å². The molecule has 1 aliphatic heterocycles. The number of likely N-dealkylation sites (tertiary alicyclic amines) is 1. The van der Waals surface area contributed by atoms with Crippen LogP contribution in [0, 0.1) is 11.3 Å². The Labute approximate surface area is 96.5 Å². The van der Waals surface area contributed by atoms with Gasteiger partial charge in [0, 0.05) is 12.7 Å². The molecule has 0 bridgehead atoms. The fourth-order valence-electron chi connectivity index (χ4n) is 2.41. The first kappa shape index (κ1) is 11.2. The van der Waals surface area contributed by atoms with Crippen LogP contribution in [-0.2, 0) is 6.42 Å². The highest BCUT2D eigenvalue weighted by Crippen LogP contribution is 2.22. The Morgan fingerprint density at radius 2 is 2.50 bits per heavy atom. The molecule has 1 atom stereocenters. The van der Waals surface area contributed by atoms with E-state index in [0.29, 0.717) is 12.5 Å². The van der Waals surface area contributed by atoms with Crippen LogP contribution in [0.1, 0.15) is 31.5 Å². The van der Waals surface area contributed by atoms with E-state index in [9.17, 15) is 0 Å². The topological polar surface area (TPSA) is 44.9 Å². The number of hydrogen-bond donors (Lipinski definition) is 0. The first-order valence-electron chi connectivity index (χ1n) is 5.97. The van der Waals surface area contributed by atoms with Crippen LogP contribution in [0.15, 0.2) is 12.3 Å². The van der Waals surface area contributed by atoms with Gasteiger partial charge in [-0.3, -0.25) is 4.68 Å². The zero-order valence-corrected chi connectivity index (χ0v) is 9.76. The molecule has 2 rings (SSSR count). The minimum Gasteiger partial charge on any atom is -0.301 e. The molecule has 1 aromatic heterocycles. The third-order valence-corrected chi connectivity index (χ3v) is 3.29. The number of nitriles is 1. The number of piperidine rings is 1. The maximum absolute atomic E-state index is 8.76. The number of aromatic nitrogens is 2. The lowest BCUT2D eigenvalue weighted by molar-refractivity contribution is 0.175. The molecule has 0 saturated carbocycles. The first-order valence-corrected chi connectivity index (χ1v) is 5.97.